The Morgan fingerprint density at radius 2 is 1.50 bits per heavy atom. The van der Waals surface area contributed by atoms with Gasteiger partial charge in [0.2, 0.25) is 0 Å². The molecule has 0 unspecified atom stereocenters. The van der Waals surface area contributed by atoms with Gasteiger partial charge in [-0.3, -0.25) is 25.4 Å². The van der Waals surface area contributed by atoms with Crippen LogP contribution in [0.3, 0.4) is 0 Å². The molecule has 7 nitrogen and oxygen atoms in total. The first-order chi connectivity index (χ1) is 15.3. The van der Waals surface area contributed by atoms with E-state index in [2.05, 4.69) is 15.8 Å². The Morgan fingerprint density at radius 3 is 2.09 bits per heavy atom. The quantitative estimate of drug-likeness (QED) is 0.544. The number of pyridine rings is 1. The highest BCUT2D eigenvalue weighted by molar-refractivity contribution is 5.95. The third-order valence-corrected chi connectivity index (χ3v) is 4.07. The van der Waals surface area contributed by atoms with Gasteiger partial charge >= 0.3 is 6.18 Å². The van der Waals surface area contributed by atoms with Gasteiger partial charge in [0.25, 0.3) is 11.8 Å². The molecule has 0 radical (unpaired) electrons. The summed E-state index contributed by atoms with van der Waals surface area (Å²) >= 11 is 0. The minimum absolute atomic E-state index is 0.148. The van der Waals surface area contributed by atoms with Crippen LogP contribution in [0.2, 0.25) is 0 Å². The number of nitrogens with one attached hydrogen (secondary N) is 2. The van der Waals surface area contributed by atoms with Gasteiger partial charge in [-0.05, 0) is 42.0 Å². The zero-order valence-corrected chi connectivity index (χ0v) is 16.6. The molecule has 0 aliphatic heterocycles. The first-order valence-corrected chi connectivity index (χ1v) is 9.33. The topological polar surface area (TPSA) is 89.5 Å². The number of hydrogen-bond acceptors (Lipinski definition) is 5. The molecule has 0 saturated carbocycles. The van der Waals surface area contributed by atoms with Gasteiger partial charge in [-0.25, -0.2) is 0 Å². The minimum Gasteiger partial charge on any atom is -0.489 e. The number of aromatic nitrogens is 1. The lowest BCUT2D eigenvalue weighted by Crippen LogP contribution is -2.43. The van der Waals surface area contributed by atoms with Gasteiger partial charge in [0.05, 0.1) is 5.56 Å². The van der Waals surface area contributed by atoms with E-state index in [1.807, 2.05) is 30.3 Å². The largest absolute Gasteiger partial charge is 0.489 e. The van der Waals surface area contributed by atoms with Crippen molar-refractivity contribution in [2.75, 3.05) is 6.61 Å². The summed E-state index contributed by atoms with van der Waals surface area (Å²) in [6.45, 7) is 0.0212. The number of carbonyl (C=O) groups excluding carboxylic acids is 2. The van der Waals surface area contributed by atoms with Crippen molar-refractivity contribution in [2.45, 2.75) is 12.8 Å². The molecule has 3 rings (SSSR count). The molecule has 0 atom stereocenters. The van der Waals surface area contributed by atoms with Gasteiger partial charge in [-0.1, -0.05) is 30.3 Å². The molecule has 0 aliphatic rings. The van der Waals surface area contributed by atoms with E-state index in [0.717, 1.165) is 17.8 Å². The zero-order chi connectivity index (χ0) is 23.0. The van der Waals surface area contributed by atoms with E-state index in [0.29, 0.717) is 24.2 Å². The summed E-state index contributed by atoms with van der Waals surface area (Å²) in [4.78, 5) is 26.9. The second kappa shape index (κ2) is 10.3. The summed E-state index contributed by atoms with van der Waals surface area (Å²) in [6.07, 6.45) is -3.84. The maximum Gasteiger partial charge on any atom is 0.433 e. The molecule has 2 aromatic carbocycles. The number of carbonyl (C=O) groups is 2. The highest BCUT2D eigenvalue weighted by Crippen LogP contribution is 2.27. The lowest BCUT2D eigenvalue weighted by Gasteiger charge is -2.10. The van der Waals surface area contributed by atoms with Gasteiger partial charge in [0.1, 0.15) is 23.8 Å². The summed E-state index contributed by atoms with van der Waals surface area (Å²) in [5.74, 6) is -0.448. The number of hydrogen-bond donors (Lipinski definition) is 2. The third kappa shape index (κ3) is 6.73. The smallest absolute Gasteiger partial charge is 0.433 e. The summed E-state index contributed by atoms with van der Waals surface area (Å²) in [7, 11) is 0. The van der Waals surface area contributed by atoms with Crippen LogP contribution in [0.15, 0.2) is 72.9 Å². The second-order valence-corrected chi connectivity index (χ2v) is 6.47. The van der Waals surface area contributed by atoms with E-state index in [-0.39, 0.29) is 5.56 Å². The molecule has 0 spiro atoms. The van der Waals surface area contributed by atoms with E-state index in [1.165, 1.54) is 0 Å². The first-order valence-electron chi connectivity index (χ1n) is 9.33. The van der Waals surface area contributed by atoms with Crippen LogP contribution in [0.4, 0.5) is 13.2 Å². The summed E-state index contributed by atoms with van der Waals surface area (Å²) in [5, 5.41) is 0. The lowest BCUT2D eigenvalue weighted by molar-refractivity contribution is -0.141. The van der Waals surface area contributed by atoms with Crippen molar-refractivity contribution in [3.63, 3.8) is 0 Å². The number of amides is 2. The monoisotopic (exact) mass is 445 g/mol. The molecule has 1 aromatic heterocycles. The van der Waals surface area contributed by atoms with Crippen molar-refractivity contribution in [2.24, 2.45) is 0 Å². The number of nitrogens with zero attached hydrogens (tertiary/aromatic N) is 1. The Labute approximate surface area is 181 Å². The number of halogens is 3. The molecule has 166 valence electrons. The van der Waals surface area contributed by atoms with E-state index in [9.17, 15) is 22.8 Å². The predicted molar refractivity (Wildman–Crippen MR) is 108 cm³/mol. The second-order valence-electron chi connectivity index (χ2n) is 6.47. The van der Waals surface area contributed by atoms with Crippen molar-refractivity contribution in [3.8, 4) is 11.5 Å². The molecule has 0 aliphatic carbocycles. The van der Waals surface area contributed by atoms with Crippen LogP contribution < -0.4 is 20.3 Å². The third-order valence-electron chi connectivity index (χ3n) is 4.07. The highest BCUT2D eigenvalue weighted by atomic mass is 19.4. The summed E-state index contributed by atoms with van der Waals surface area (Å²) < 4.78 is 48.4. The molecule has 1 heterocycles. The molecule has 0 saturated heterocycles. The molecule has 2 amide bonds. The molecular weight excluding hydrogens is 427 g/mol. The lowest BCUT2D eigenvalue weighted by atomic mass is 10.2. The molecular formula is C22H18F3N3O4. The van der Waals surface area contributed by atoms with E-state index >= 15 is 0 Å². The Kier molecular flexibility index (Phi) is 7.27. The molecule has 0 fully saturated rings. The fourth-order valence-electron chi connectivity index (χ4n) is 2.45. The maximum atomic E-state index is 12.5. The molecule has 10 heteroatoms. The molecule has 0 bridgehead atoms. The van der Waals surface area contributed by atoms with Gasteiger partial charge < -0.3 is 9.47 Å². The average Bonchev–Trinajstić information content (AvgIpc) is 2.80. The van der Waals surface area contributed by atoms with Crippen LogP contribution in [-0.2, 0) is 17.6 Å². The van der Waals surface area contributed by atoms with Gasteiger partial charge in [0.15, 0.2) is 6.61 Å². The summed E-state index contributed by atoms with van der Waals surface area (Å²) in [6, 6.07) is 17.9. The number of benzene rings is 2. The number of alkyl halides is 3. The fourth-order valence-corrected chi connectivity index (χ4v) is 2.45. The molecule has 3 aromatic rings. The Morgan fingerprint density at radius 1 is 0.844 bits per heavy atom. The maximum absolute atomic E-state index is 12.5. The van der Waals surface area contributed by atoms with Crippen LogP contribution in [0, 0.1) is 0 Å². The Hall–Kier alpha value is -4.08. The predicted octanol–water partition coefficient (Wildman–Crippen LogP) is 3.52. The SMILES string of the molecule is O=C(COc1ccc(OCc2ccccc2)cc1)NNC(=O)c1ccc(C(F)(F)F)nc1. The van der Waals surface area contributed by atoms with Gasteiger partial charge in [-0.15, -0.1) is 0 Å². The van der Waals surface area contributed by atoms with Crippen molar-refractivity contribution >= 4 is 11.8 Å². The van der Waals surface area contributed by atoms with Crippen molar-refractivity contribution in [3.05, 3.63) is 89.7 Å². The summed E-state index contributed by atoms with van der Waals surface area (Å²) in [5.41, 5.74) is 3.94. The Balaban J connectivity index is 1.40. The average molecular weight is 445 g/mol. The number of ether oxygens (including phenoxy) is 2. The van der Waals surface area contributed by atoms with Crippen LogP contribution in [0.1, 0.15) is 21.6 Å². The van der Waals surface area contributed by atoms with Crippen molar-refractivity contribution in [1.29, 1.82) is 0 Å². The van der Waals surface area contributed by atoms with Crippen LogP contribution in [0.5, 0.6) is 11.5 Å². The van der Waals surface area contributed by atoms with E-state index < -0.39 is 30.3 Å². The van der Waals surface area contributed by atoms with Gasteiger partial charge in [-0.2, -0.15) is 13.2 Å². The first kappa shape index (κ1) is 22.6. The normalized spacial score (nSPS) is 10.8. The van der Waals surface area contributed by atoms with Gasteiger partial charge in [0, 0.05) is 6.20 Å². The van der Waals surface area contributed by atoms with Crippen molar-refractivity contribution in [1.82, 2.24) is 15.8 Å². The number of rotatable bonds is 7. The van der Waals surface area contributed by atoms with E-state index in [4.69, 9.17) is 9.47 Å². The Bertz CT molecular complexity index is 1040. The van der Waals surface area contributed by atoms with E-state index in [1.54, 1.807) is 24.3 Å². The standard InChI is InChI=1S/C22H18F3N3O4/c23-22(24,25)19-11-6-16(12-26-19)21(30)28-27-20(29)14-32-18-9-7-17(8-10-18)31-13-15-4-2-1-3-5-15/h1-12H,13-14H2,(H,27,29)(H,28,30). The molecule has 32 heavy (non-hydrogen) atoms. The molecule has 2 N–H and O–H groups in total. The number of hydrazine groups is 1. The van der Waals surface area contributed by atoms with Crippen LogP contribution >= 0.6 is 0 Å². The van der Waals surface area contributed by atoms with Crippen LogP contribution in [-0.4, -0.2) is 23.4 Å². The zero-order valence-electron chi connectivity index (χ0n) is 16.6. The minimum atomic E-state index is -4.60. The fraction of sp³-hybridized carbons (Fsp3) is 0.136. The van der Waals surface area contributed by atoms with Crippen molar-refractivity contribution < 1.29 is 32.2 Å². The highest BCUT2D eigenvalue weighted by Gasteiger charge is 2.32. The van der Waals surface area contributed by atoms with Crippen LogP contribution in [0.25, 0.3) is 0 Å².